The van der Waals surface area contributed by atoms with E-state index in [4.69, 9.17) is 9.47 Å². The van der Waals surface area contributed by atoms with Gasteiger partial charge in [0.2, 0.25) is 0 Å². The number of benzene rings is 2. The van der Waals surface area contributed by atoms with Gasteiger partial charge < -0.3 is 9.47 Å². The van der Waals surface area contributed by atoms with Gasteiger partial charge in [0.1, 0.15) is 17.3 Å². The molecule has 0 heterocycles. The van der Waals surface area contributed by atoms with Crippen LogP contribution in [0.1, 0.15) is 100 Å². The Bertz CT molecular complexity index is 835. The zero-order valence-corrected chi connectivity index (χ0v) is 21.1. The van der Waals surface area contributed by atoms with Gasteiger partial charge in [-0.05, 0) is 72.6 Å². The maximum Gasteiger partial charge on any atom is 0.134 e. The molecule has 4 rings (SSSR count). The maximum atomic E-state index is 13.8. The zero-order valence-electron chi connectivity index (χ0n) is 21.1. The van der Waals surface area contributed by atoms with E-state index in [0.29, 0.717) is 30.5 Å². The lowest BCUT2D eigenvalue weighted by Gasteiger charge is -2.33. The molecule has 0 N–H and O–H groups in total. The third kappa shape index (κ3) is 6.03. The van der Waals surface area contributed by atoms with E-state index >= 15 is 0 Å². The largest absolute Gasteiger partial charge is 0.496 e. The molecule has 2 saturated carbocycles. The normalized spacial score (nSPS) is 19.4. The summed E-state index contributed by atoms with van der Waals surface area (Å²) in [6, 6.07) is 16.7. The summed E-state index contributed by atoms with van der Waals surface area (Å²) >= 11 is 0. The van der Waals surface area contributed by atoms with Gasteiger partial charge in [0.25, 0.3) is 0 Å². The van der Waals surface area contributed by atoms with Crippen LogP contribution in [-0.2, 0) is 4.79 Å². The van der Waals surface area contributed by atoms with Crippen LogP contribution < -0.4 is 9.47 Å². The van der Waals surface area contributed by atoms with Gasteiger partial charge in [0.05, 0.1) is 14.2 Å². The monoisotopic (exact) mass is 462 g/mol. The van der Waals surface area contributed by atoms with E-state index in [1.54, 1.807) is 14.2 Å². The van der Waals surface area contributed by atoms with Gasteiger partial charge in [-0.3, -0.25) is 4.79 Å². The molecule has 2 atom stereocenters. The van der Waals surface area contributed by atoms with Crippen LogP contribution >= 0.6 is 0 Å². The number of Topliss-reactive ketones (excluding diaryl/α,β-unsaturated/α-hetero) is 1. The molecule has 3 nitrogen and oxygen atoms in total. The number of para-hydroxylation sites is 2. The quantitative estimate of drug-likeness (QED) is 0.358. The van der Waals surface area contributed by atoms with Crippen LogP contribution in [0.25, 0.3) is 0 Å². The number of hydrogen-bond donors (Lipinski definition) is 0. The minimum absolute atomic E-state index is 0.244. The first kappa shape index (κ1) is 24.8. The molecule has 0 spiro atoms. The Kier molecular flexibility index (Phi) is 9.07. The molecule has 0 bridgehead atoms. The number of carbonyl (C=O) groups is 1. The summed E-state index contributed by atoms with van der Waals surface area (Å²) in [6.07, 6.45) is 13.8. The molecule has 2 aliphatic rings. The predicted molar refractivity (Wildman–Crippen MR) is 139 cm³/mol. The second-order valence-electron chi connectivity index (χ2n) is 10.4. The molecular weight excluding hydrogens is 420 g/mol. The summed E-state index contributed by atoms with van der Waals surface area (Å²) in [7, 11) is 3.50. The van der Waals surface area contributed by atoms with Crippen molar-refractivity contribution in [2.24, 2.45) is 11.8 Å². The lowest BCUT2D eigenvalue weighted by atomic mass is 9.71. The van der Waals surface area contributed by atoms with Crippen molar-refractivity contribution in [3.63, 3.8) is 0 Å². The highest BCUT2D eigenvalue weighted by Gasteiger charge is 2.33. The summed E-state index contributed by atoms with van der Waals surface area (Å²) in [5, 5.41) is 0. The van der Waals surface area contributed by atoms with Crippen molar-refractivity contribution >= 4 is 5.78 Å². The van der Waals surface area contributed by atoms with Gasteiger partial charge in [0.15, 0.2) is 0 Å². The van der Waals surface area contributed by atoms with Gasteiger partial charge in [0, 0.05) is 12.8 Å². The topological polar surface area (TPSA) is 35.5 Å². The second kappa shape index (κ2) is 12.4. The maximum absolute atomic E-state index is 13.8. The van der Waals surface area contributed by atoms with E-state index < -0.39 is 0 Å². The number of rotatable bonds is 10. The third-order valence-corrected chi connectivity index (χ3v) is 8.41. The highest BCUT2D eigenvalue weighted by atomic mass is 16.5. The smallest absolute Gasteiger partial charge is 0.134 e. The molecule has 0 amide bonds. The van der Waals surface area contributed by atoms with E-state index in [1.165, 1.54) is 75.3 Å². The molecule has 2 aromatic rings. The van der Waals surface area contributed by atoms with E-state index in [-0.39, 0.29) is 11.8 Å². The number of ketones is 1. The molecule has 2 fully saturated rings. The Labute approximate surface area is 206 Å². The Balaban J connectivity index is 1.58. The number of ether oxygens (including phenoxy) is 2. The van der Waals surface area contributed by atoms with Crippen molar-refractivity contribution < 1.29 is 14.3 Å². The summed E-state index contributed by atoms with van der Waals surface area (Å²) in [6.45, 7) is 0. The highest BCUT2D eigenvalue weighted by Crippen LogP contribution is 2.45. The Morgan fingerprint density at radius 2 is 1.06 bits per heavy atom. The van der Waals surface area contributed by atoms with Crippen molar-refractivity contribution in [2.45, 2.75) is 88.9 Å². The molecule has 0 unspecified atom stereocenters. The van der Waals surface area contributed by atoms with Gasteiger partial charge in [-0.1, -0.05) is 74.9 Å². The lowest BCUT2D eigenvalue weighted by molar-refractivity contribution is -0.120. The van der Waals surface area contributed by atoms with Gasteiger partial charge in [-0.2, -0.15) is 0 Å². The van der Waals surface area contributed by atoms with E-state index in [1.807, 2.05) is 12.1 Å². The molecule has 2 aliphatic carbocycles. The average molecular weight is 463 g/mol. The van der Waals surface area contributed by atoms with Crippen LogP contribution in [0.3, 0.4) is 0 Å². The Morgan fingerprint density at radius 3 is 1.44 bits per heavy atom. The zero-order chi connectivity index (χ0) is 23.8. The molecule has 0 saturated heterocycles. The van der Waals surface area contributed by atoms with Gasteiger partial charge >= 0.3 is 0 Å². The summed E-state index contributed by atoms with van der Waals surface area (Å²) < 4.78 is 11.5. The Morgan fingerprint density at radius 1 is 0.676 bits per heavy atom. The van der Waals surface area contributed by atoms with Gasteiger partial charge in [-0.15, -0.1) is 0 Å². The number of methoxy groups -OCH3 is 2. The van der Waals surface area contributed by atoms with Crippen LogP contribution in [0, 0.1) is 11.8 Å². The molecular formula is C31H42O3. The van der Waals surface area contributed by atoms with E-state index in [0.717, 1.165) is 11.5 Å². The number of carbonyl (C=O) groups excluding carboxylic acids is 1. The molecule has 3 heteroatoms. The van der Waals surface area contributed by atoms with Crippen molar-refractivity contribution in [1.29, 1.82) is 0 Å². The molecule has 184 valence electrons. The van der Waals surface area contributed by atoms with Crippen LogP contribution in [0.15, 0.2) is 48.5 Å². The van der Waals surface area contributed by atoms with Crippen molar-refractivity contribution in [1.82, 2.24) is 0 Å². The fourth-order valence-corrected chi connectivity index (χ4v) is 6.65. The van der Waals surface area contributed by atoms with Crippen LogP contribution in [0.4, 0.5) is 0 Å². The van der Waals surface area contributed by atoms with Crippen LogP contribution in [0.5, 0.6) is 11.5 Å². The molecule has 34 heavy (non-hydrogen) atoms. The van der Waals surface area contributed by atoms with Crippen LogP contribution in [0.2, 0.25) is 0 Å². The lowest BCUT2D eigenvalue weighted by Crippen LogP contribution is -2.23. The highest BCUT2D eigenvalue weighted by molar-refractivity contribution is 5.80. The molecule has 2 aromatic carbocycles. The standard InChI is InChI=1S/C31H42O3/c1-33-30-19-11-9-17-26(30)28(23-13-5-3-6-14-23)21-25(32)22-29(24-15-7-4-8-16-24)27-18-10-12-20-31(27)34-2/h9-12,17-20,23-24,28-29H,3-8,13-16,21-22H2,1-2H3/t28-,29-/m0/s1. The van der Waals surface area contributed by atoms with E-state index in [2.05, 4.69) is 36.4 Å². The first-order valence-corrected chi connectivity index (χ1v) is 13.5. The molecule has 0 radical (unpaired) electrons. The Hall–Kier alpha value is -2.29. The van der Waals surface area contributed by atoms with Crippen molar-refractivity contribution in [2.75, 3.05) is 14.2 Å². The van der Waals surface area contributed by atoms with E-state index in [9.17, 15) is 4.79 Å². The summed E-state index contributed by atoms with van der Waals surface area (Å²) in [4.78, 5) is 13.8. The second-order valence-corrected chi connectivity index (χ2v) is 10.4. The minimum atomic E-state index is 0.244. The fourth-order valence-electron chi connectivity index (χ4n) is 6.65. The first-order chi connectivity index (χ1) is 16.7. The average Bonchev–Trinajstić information content (AvgIpc) is 2.91. The number of hydrogen-bond acceptors (Lipinski definition) is 3. The fraction of sp³-hybridized carbons (Fsp3) is 0.581. The molecule has 0 aromatic heterocycles. The van der Waals surface area contributed by atoms with Crippen molar-refractivity contribution in [3.8, 4) is 11.5 Å². The van der Waals surface area contributed by atoms with Crippen molar-refractivity contribution in [3.05, 3.63) is 59.7 Å². The minimum Gasteiger partial charge on any atom is -0.496 e. The summed E-state index contributed by atoms with van der Waals surface area (Å²) in [5.74, 6) is 3.87. The molecule has 0 aliphatic heterocycles. The summed E-state index contributed by atoms with van der Waals surface area (Å²) in [5.41, 5.74) is 2.44. The predicted octanol–water partition coefficient (Wildman–Crippen LogP) is 8.08. The first-order valence-electron chi connectivity index (χ1n) is 13.5. The van der Waals surface area contributed by atoms with Crippen LogP contribution in [-0.4, -0.2) is 20.0 Å². The SMILES string of the molecule is COc1ccccc1[C@@H](CC(=O)C[C@H](c1ccccc1OC)C1CCCCC1)C1CCCCC1. The third-order valence-electron chi connectivity index (χ3n) is 8.41. The van der Waals surface area contributed by atoms with Gasteiger partial charge in [-0.25, -0.2) is 0 Å².